The third-order valence-electron chi connectivity index (χ3n) is 3.66. The van der Waals surface area contributed by atoms with E-state index in [0.29, 0.717) is 5.56 Å². The van der Waals surface area contributed by atoms with Crippen LogP contribution < -0.4 is 11.1 Å². The summed E-state index contributed by atoms with van der Waals surface area (Å²) in [6.45, 7) is 0. The van der Waals surface area contributed by atoms with Gasteiger partial charge in [0.25, 0.3) is 11.8 Å². The summed E-state index contributed by atoms with van der Waals surface area (Å²) in [4.78, 5) is 24.3. The molecule has 0 aromatic heterocycles. The minimum atomic E-state index is -0.688. The molecule has 3 rings (SSSR count). The Morgan fingerprint density at radius 3 is 2.25 bits per heavy atom. The van der Waals surface area contributed by atoms with Crippen molar-refractivity contribution in [3.63, 3.8) is 0 Å². The number of hydrogen-bond acceptors (Lipinski definition) is 2. The van der Waals surface area contributed by atoms with Gasteiger partial charge in [0, 0.05) is 5.56 Å². The molecule has 0 bridgehead atoms. The molecule has 0 aliphatic heterocycles. The van der Waals surface area contributed by atoms with Crippen LogP contribution >= 0.6 is 0 Å². The average Bonchev–Trinajstić information content (AvgIpc) is 2.61. The van der Waals surface area contributed by atoms with Gasteiger partial charge in [0.1, 0.15) is 5.70 Å². The van der Waals surface area contributed by atoms with Gasteiger partial charge < -0.3 is 11.1 Å². The molecule has 0 atom stereocenters. The van der Waals surface area contributed by atoms with Crippen LogP contribution in [0.4, 0.5) is 0 Å². The highest BCUT2D eigenvalue weighted by atomic mass is 16.2. The third-order valence-corrected chi connectivity index (χ3v) is 3.66. The van der Waals surface area contributed by atoms with Crippen LogP contribution in [0.25, 0.3) is 16.8 Å². The first kappa shape index (κ1) is 15.5. The molecule has 0 aliphatic carbocycles. The average molecular weight is 316 g/mol. The Hall–Kier alpha value is -3.40. The van der Waals surface area contributed by atoms with Crippen molar-refractivity contribution in [2.75, 3.05) is 0 Å². The highest BCUT2D eigenvalue weighted by Gasteiger charge is 2.14. The summed E-state index contributed by atoms with van der Waals surface area (Å²) in [5, 5.41) is 4.40. The van der Waals surface area contributed by atoms with Gasteiger partial charge in [-0.05, 0) is 28.5 Å². The molecule has 24 heavy (non-hydrogen) atoms. The lowest BCUT2D eigenvalue weighted by atomic mass is 10.0. The highest BCUT2D eigenvalue weighted by Crippen LogP contribution is 2.18. The Balaban J connectivity index is 1.94. The molecule has 0 saturated heterocycles. The molecule has 2 amide bonds. The summed E-state index contributed by atoms with van der Waals surface area (Å²) in [6, 6.07) is 22.3. The van der Waals surface area contributed by atoms with Gasteiger partial charge in [-0.25, -0.2) is 0 Å². The zero-order valence-corrected chi connectivity index (χ0v) is 12.9. The maximum atomic E-state index is 12.6. The maximum absolute atomic E-state index is 12.6. The number of carbonyl (C=O) groups excluding carboxylic acids is 2. The molecule has 0 fully saturated rings. The molecule has 3 aromatic carbocycles. The van der Waals surface area contributed by atoms with Gasteiger partial charge in [0.2, 0.25) is 0 Å². The monoisotopic (exact) mass is 316 g/mol. The fourth-order valence-corrected chi connectivity index (χ4v) is 2.50. The first-order valence-electron chi connectivity index (χ1n) is 7.51. The molecule has 4 nitrogen and oxygen atoms in total. The van der Waals surface area contributed by atoms with Gasteiger partial charge in [0.05, 0.1) is 0 Å². The van der Waals surface area contributed by atoms with Gasteiger partial charge >= 0.3 is 0 Å². The van der Waals surface area contributed by atoms with Crippen molar-refractivity contribution >= 4 is 28.7 Å². The Bertz CT molecular complexity index is 925. The molecular weight excluding hydrogens is 300 g/mol. The van der Waals surface area contributed by atoms with Crippen molar-refractivity contribution in [1.29, 1.82) is 0 Å². The lowest BCUT2D eigenvalue weighted by Crippen LogP contribution is -2.31. The second-order valence-electron chi connectivity index (χ2n) is 5.31. The van der Waals surface area contributed by atoms with Crippen LogP contribution in [0, 0.1) is 0 Å². The van der Waals surface area contributed by atoms with Gasteiger partial charge in [-0.15, -0.1) is 0 Å². The molecule has 0 radical (unpaired) electrons. The standard InChI is InChI=1S/C20H16N2O2/c21-19(23)18(13-14-7-2-1-3-8-14)22-20(24)17-12-6-10-15-9-4-5-11-16(15)17/h1-13H,(H2,21,23)(H,22,24). The first-order valence-corrected chi connectivity index (χ1v) is 7.51. The van der Waals surface area contributed by atoms with Crippen LogP contribution in [0.15, 0.2) is 78.5 Å². The number of fused-ring (bicyclic) bond motifs is 1. The Labute approximate surface area is 139 Å². The molecular formula is C20H16N2O2. The summed E-state index contributed by atoms with van der Waals surface area (Å²) >= 11 is 0. The van der Waals surface area contributed by atoms with Crippen molar-refractivity contribution in [3.05, 3.63) is 89.6 Å². The van der Waals surface area contributed by atoms with Crippen LogP contribution in [0.2, 0.25) is 0 Å². The number of hydrogen-bond donors (Lipinski definition) is 2. The van der Waals surface area contributed by atoms with E-state index in [4.69, 9.17) is 5.73 Å². The number of benzene rings is 3. The smallest absolute Gasteiger partial charge is 0.265 e. The Morgan fingerprint density at radius 2 is 1.50 bits per heavy atom. The Morgan fingerprint density at radius 1 is 0.833 bits per heavy atom. The number of nitrogens with two attached hydrogens (primary N) is 1. The van der Waals surface area contributed by atoms with Crippen molar-refractivity contribution in [2.45, 2.75) is 0 Å². The molecule has 0 spiro atoms. The minimum Gasteiger partial charge on any atom is -0.364 e. The number of nitrogens with one attached hydrogen (secondary N) is 1. The quantitative estimate of drug-likeness (QED) is 0.726. The van der Waals surface area contributed by atoms with Gasteiger partial charge in [-0.3, -0.25) is 9.59 Å². The van der Waals surface area contributed by atoms with Crippen LogP contribution in [0.1, 0.15) is 15.9 Å². The molecule has 118 valence electrons. The fourth-order valence-electron chi connectivity index (χ4n) is 2.50. The topological polar surface area (TPSA) is 72.2 Å². The maximum Gasteiger partial charge on any atom is 0.265 e. The van der Waals surface area contributed by atoms with E-state index in [1.807, 2.05) is 66.7 Å². The zero-order valence-electron chi connectivity index (χ0n) is 12.9. The van der Waals surface area contributed by atoms with Crippen LogP contribution in [-0.2, 0) is 4.79 Å². The number of carbonyl (C=O) groups is 2. The summed E-state index contributed by atoms with van der Waals surface area (Å²) in [7, 11) is 0. The molecule has 3 N–H and O–H groups in total. The lowest BCUT2D eigenvalue weighted by Gasteiger charge is -2.09. The fraction of sp³-hybridized carbons (Fsp3) is 0. The van der Waals surface area contributed by atoms with E-state index in [1.54, 1.807) is 12.1 Å². The predicted octanol–water partition coefficient (Wildman–Crippen LogP) is 3.10. The van der Waals surface area contributed by atoms with Crippen molar-refractivity contribution in [3.8, 4) is 0 Å². The van der Waals surface area contributed by atoms with Crippen molar-refractivity contribution in [1.82, 2.24) is 5.32 Å². The van der Waals surface area contributed by atoms with E-state index < -0.39 is 5.91 Å². The first-order chi connectivity index (χ1) is 11.6. The molecule has 3 aromatic rings. The van der Waals surface area contributed by atoms with Gasteiger partial charge in [-0.1, -0.05) is 66.7 Å². The number of amides is 2. The van der Waals surface area contributed by atoms with E-state index in [9.17, 15) is 9.59 Å². The van der Waals surface area contributed by atoms with Gasteiger partial charge in [0.15, 0.2) is 0 Å². The second-order valence-corrected chi connectivity index (χ2v) is 5.31. The molecule has 0 unspecified atom stereocenters. The summed E-state index contributed by atoms with van der Waals surface area (Å²) in [5.41, 5.74) is 6.73. The zero-order chi connectivity index (χ0) is 16.9. The lowest BCUT2D eigenvalue weighted by molar-refractivity contribution is -0.114. The van der Waals surface area contributed by atoms with E-state index in [0.717, 1.165) is 16.3 Å². The normalized spacial score (nSPS) is 11.2. The SMILES string of the molecule is NC(=O)C(=Cc1ccccc1)NC(=O)c1cccc2ccccc12. The second kappa shape index (κ2) is 6.79. The molecule has 0 saturated carbocycles. The summed E-state index contributed by atoms with van der Waals surface area (Å²) in [6.07, 6.45) is 1.56. The minimum absolute atomic E-state index is 0.0548. The van der Waals surface area contributed by atoms with Crippen LogP contribution in [-0.4, -0.2) is 11.8 Å². The molecule has 0 heterocycles. The summed E-state index contributed by atoms with van der Waals surface area (Å²) < 4.78 is 0. The summed E-state index contributed by atoms with van der Waals surface area (Å²) in [5.74, 6) is -1.06. The van der Waals surface area contributed by atoms with E-state index in [1.165, 1.54) is 0 Å². The van der Waals surface area contributed by atoms with Crippen molar-refractivity contribution < 1.29 is 9.59 Å². The number of primary amides is 1. The highest BCUT2D eigenvalue weighted by molar-refractivity contribution is 6.10. The van der Waals surface area contributed by atoms with Gasteiger partial charge in [-0.2, -0.15) is 0 Å². The Kier molecular flexibility index (Phi) is 4.38. The van der Waals surface area contributed by atoms with Crippen LogP contribution in [0.5, 0.6) is 0 Å². The molecule has 4 heteroatoms. The third kappa shape index (κ3) is 3.33. The van der Waals surface area contributed by atoms with E-state index in [2.05, 4.69) is 5.32 Å². The largest absolute Gasteiger partial charge is 0.364 e. The van der Waals surface area contributed by atoms with Crippen LogP contribution in [0.3, 0.4) is 0 Å². The predicted molar refractivity (Wildman–Crippen MR) is 95.0 cm³/mol. The molecule has 0 aliphatic rings. The van der Waals surface area contributed by atoms with E-state index in [-0.39, 0.29) is 11.6 Å². The number of rotatable bonds is 4. The van der Waals surface area contributed by atoms with E-state index >= 15 is 0 Å². The van der Waals surface area contributed by atoms with Crippen molar-refractivity contribution in [2.24, 2.45) is 5.73 Å².